The zero-order valence-electron chi connectivity index (χ0n) is 13.0. The minimum Gasteiger partial charge on any atom is -0.378 e. The van der Waals surface area contributed by atoms with E-state index < -0.39 is 0 Å². The second-order valence-corrected chi connectivity index (χ2v) is 6.52. The molecule has 0 saturated heterocycles. The third-order valence-electron chi connectivity index (χ3n) is 3.95. The highest BCUT2D eigenvalue weighted by atomic mass is 79.9. The van der Waals surface area contributed by atoms with Gasteiger partial charge in [-0.25, -0.2) is 0 Å². The van der Waals surface area contributed by atoms with Gasteiger partial charge in [0.15, 0.2) is 0 Å². The lowest BCUT2D eigenvalue weighted by Crippen LogP contribution is -2.09. The van der Waals surface area contributed by atoms with Gasteiger partial charge in [-0.15, -0.1) is 0 Å². The number of anilines is 1. The number of aromatic nitrogens is 1. The molecule has 0 radical (unpaired) electrons. The summed E-state index contributed by atoms with van der Waals surface area (Å²) < 4.78 is 1.03. The molecule has 0 amide bonds. The summed E-state index contributed by atoms with van der Waals surface area (Å²) in [6.45, 7) is 6.38. The standard InChI is InChI=1S/C19H19BrN2/c1-12-7-4-5-8-15(12)14(3)22-18-11-13(2)21-19-16(18)9-6-10-17(19)20/h4-11,14H,1-3H3,(H,21,22)/t14-/m1/s1. The van der Waals surface area contributed by atoms with Crippen molar-refractivity contribution in [3.8, 4) is 0 Å². The maximum atomic E-state index is 4.65. The van der Waals surface area contributed by atoms with Gasteiger partial charge in [-0.3, -0.25) is 4.98 Å². The zero-order valence-corrected chi connectivity index (χ0v) is 14.6. The lowest BCUT2D eigenvalue weighted by Gasteiger charge is -2.19. The Labute approximate surface area is 139 Å². The van der Waals surface area contributed by atoms with Crippen LogP contribution in [0.4, 0.5) is 5.69 Å². The Bertz CT molecular complexity index is 827. The molecule has 0 aliphatic carbocycles. The Balaban J connectivity index is 2.04. The van der Waals surface area contributed by atoms with E-state index in [9.17, 15) is 0 Å². The van der Waals surface area contributed by atoms with Crippen LogP contribution in [-0.4, -0.2) is 4.98 Å². The molecule has 0 bridgehead atoms. The monoisotopic (exact) mass is 354 g/mol. The zero-order chi connectivity index (χ0) is 15.7. The number of nitrogens with zero attached hydrogens (tertiary/aromatic N) is 1. The molecule has 1 atom stereocenters. The van der Waals surface area contributed by atoms with Crippen molar-refractivity contribution < 1.29 is 0 Å². The average Bonchev–Trinajstić information content (AvgIpc) is 2.48. The van der Waals surface area contributed by atoms with E-state index in [1.54, 1.807) is 0 Å². The summed E-state index contributed by atoms with van der Waals surface area (Å²) in [7, 11) is 0. The largest absolute Gasteiger partial charge is 0.378 e. The van der Waals surface area contributed by atoms with Gasteiger partial charge in [-0.2, -0.15) is 0 Å². The Kier molecular flexibility index (Phi) is 4.16. The van der Waals surface area contributed by atoms with Crippen molar-refractivity contribution in [2.24, 2.45) is 0 Å². The first-order valence-electron chi connectivity index (χ1n) is 7.44. The molecule has 22 heavy (non-hydrogen) atoms. The number of fused-ring (bicyclic) bond motifs is 1. The number of benzene rings is 2. The van der Waals surface area contributed by atoms with E-state index in [4.69, 9.17) is 0 Å². The molecule has 2 nitrogen and oxygen atoms in total. The fraction of sp³-hybridized carbons (Fsp3) is 0.211. The first-order chi connectivity index (χ1) is 10.6. The summed E-state index contributed by atoms with van der Waals surface area (Å²) in [4.78, 5) is 4.65. The van der Waals surface area contributed by atoms with Crippen LogP contribution in [0.3, 0.4) is 0 Å². The summed E-state index contributed by atoms with van der Waals surface area (Å²) in [6.07, 6.45) is 0. The predicted octanol–water partition coefficient (Wildman–Crippen LogP) is 5.79. The maximum Gasteiger partial charge on any atom is 0.0867 e. The van der Waals surface area contributed by atoms with E-state index in [0.717, 1.165) is 26.8 Å². The van der Waals surface area contributed by atoms with E-state index in [2.05, 4.69) is 76.5 Å². The second kappa shape index (κ2) is 6.09. The smallest absolute Gasteiger partial charge is 0.0867 e. The van der Waals surface area contributed by atoms with Crippen LogP contribution in [0, 0.1) is 13.8 Å². The molecule has 0 aliphatic rings. The molecule has 1 N–H and O–H groups in total. The van der Waals surface area contributed by atoms with Crippen molar-refractivity contribution in [2.45, 2.75) is 26.8 Å². The van der Waals surface area contributed by atoms with Crippen molar-refractivity contribution >= 4 is 32.5 Å². The minimum atomic E-state index is 0.241. The molecule has 1 aromatic heterocycles. The van der Waals surface area contributed by atoms with Crippen LogP contribution in [0.25, 0.3) is 10.9 Å². The van der Waals surface area contributed by atoms with Crippen molar-refractivity contribution in [3.63, 3.8) is 0 Å². The van der Waals surface area contributed by atoms with Crippen LogP contribution in [0.1, 0.15) is 29.8 Å². The first kappa shape index (κ1) is 15.0. The number of nitrogens with one attached hydrogen (secondary N) is 1. The van der Waals surface area contributed by atoms with E-state index in [1.807, 2.05) is 19.1 Å². The fourth-order valence-corrected chi connectivity index (χ4v) is 3.30. The highest BCUT2D eigenvalue weighted by molar-refractivity contribution is 9.10. The topological polar surface area (TPSA) is 24.9 Å². The molecule has 0 spiro atoms. The molecule has 0 unspecified atom stereocenters. The van der Waals surface area contributed by atoms with E-state index in [0.29, 0.717) is 0 Å². The summed E-state index contributed by atoms with van der Waals surface area (Å²) in [5, 5.41) is 4.79. The third-order valence-corrected chi connectivity index (χ3v) is 4.59. The van der Waals surface area contributed by atoms with Crippen molar-refractivity contribution in [1.29, 1.82) is 0 Å². The molecular weight excluding hydrogens is 336 g/mol. The third kappa shape index (κ3) is 2.86. The normalized spacial score (nSPS) is 12.4. The molecule has 0 saturated carbocycles. The second-order valence-electron chi connectivity index (χ2n) is 5.67. The number of pyridine rings is 1. The van der Waals surface area contributed by atoms with Gasteiger partial charge in [0.2, 0.25) is 0 Å². The van der Waals surface area contributed by atoms with Crippen molar-refractivity contribution in [1.82, 2.24) is 4.98 Å². The van der Waals surface area contributed by atoms with Crippen molar-refractivity contribution in [2.75, 3.05) is 5.32 Å². The Hall–Kier alpha value is -1.87. The highest BCUT2D eigenvalue weighted by Gasteiger charge is 2.11. The summed E-state index contributed by atoms with van der Waals surface area (Å²) in [6, 6.07) is 17.0. The fourth-order valence-electron chi connectivity index (χ4n) is 2.84. The van der Waals surface area contributed by atoms with Gasteiger partial charge >= 0.3 is 0 Å². The van der Waals surface area contributed by atoms with Gasteiger partial charge in [-0.05, 0) is 60.0 Å². The van der Waals surface area contributed by atoms with Crippen LogP contribution in [0.15, 0.2) is 53.0 Å². The van der Waals surface area contributed by atoms with Gasteiger partial charge in [0.25, 0.3) is 0 Å². The quantitative estimate of drug-likeness (QED) is 0.643. The van der Waals surface area contributed by atoms with Gasteiger partial charge in [0, 0.05) is 27.3 Å². The van der Waals surface area contributed by atoms with E-state index >= 15 is 0 Å². The number of hydrogen-bond acceptors (Lipinski definition) is 2. The van der Waals surface area contributed by atoms with E-state index in [-0.39, 0.29) is 6.04 Å². The maximum absolute atomic E-state index is 4.65. The Morgan fingerprint density at radius 2 is 1.82 bits per heavy atom. The summed E-state index contributed by atoms with van der Waals surface area (Å²) >= 11 is 3.60. The number of hydrogen-bond donors (Lipinski definition) is 1. The minimum absolute atomic E-state index is 0.241. The molecule has 0 fully saturated rings. The number of para-hydroxylation sites is 1. The van der Waals surface area contributed by atoms with E-state index in [1.165, 1.54) is 11.1 Å². The van der Waals surface area contributed by atoms with Gasteiger partial charge < -0.3 is 5.32 Å². The van der Waals surface area contributed by atoms with Crippen LogP contribution in [0.5, 0.6) is 0 Å². The molecule has 112 valence electrons. The van der Waals surface area contributed by atoms with Gasteiger partial charge in [0.1, 0.15) is 0 Å². The lowest BCUT2D eigenvalue weighted by atomic mass is 10.0. The first-order valence-corrected chi connectivity index (χ1v) is 8.23. The number of aryl methyl sites for hydroxylation is 2. The summed E-state index contributed by atoms with van der Waals surface area (Å²) in [5.41, 5.74) is 5.76. The highest BCUT2D eigenvalue weighted by Crippen LogP contribution is 2.31. The SMILES string of the molecule is Cc1cc(N[C@H](C)c2ccccc2C)c2cccc(Br)c2n1. The molecule has 3 heteroatoms. The van der Waals surface area contributed by atoms with Crippen LogP contribution in [0.2, 0.25) is 0 Å². The van der Waals surface area contributed by atoms with Gasteiger partial charge in [-0.1, -0.05) is 36.4 Å². The van der Waals surface area contributed by atoms with Gasteiger partial charge in [0.05, 0.1) is 5.52 Å². The number of rotatable bonds is 3. The van der Waals surface area contributed by atoms with Crippen LogP contribution < -0.4 is 5.32 Å². The Morgan fingerprint density at radius 3 is 2.59 bits per heavy atom. The molecule has 3 rings (SSSR count). The predicted molar refractivity (Wildman–Crippen MR) is 97.4 cm³/mol. The Morgan fingerprint density at radius 1 is 1.05 bits per heavy atom. The van der Waals surface area contributed by atoms with Crippen molar-refractivity contribution in [3.05, 3.63) is 69.8 Å². The summed E-state index contributed by atoms with van der Waals surface area (Å²) in [5.74, 6) is 0. The molecular formula is C19H19BrN2. The average molecular weight is 355 g/mol. The molecule has 1 heterocycles. The van der Waals surface area contributed by atoms with Crippen LogP contribution in [-0.2, 0) is 0 Å². The molecule has 2 aromatic carbocycles. The van der Waals surface area contributed by atoms with Crippen LogP contribution >= 0.6 is 15.9 Å². The lowest BCUT2D eigenvalue weighted by molar-refractivity contribution is 0.875. The molecule has 0 aliphatic heterocycles. The molecule has 3 aromatic rings. The number of halogens is 1.